The van der Waals surface area contributed by atoms with Gasteiger partial charge in [-0.15, -0.1) is 0 Å². The van der Waals surface area contributed by atoms with Crippen LogP contribution in [0.15, 0.2) is 35.3 Å². The average Bonchev–Trinajstić information content (AvgIpc) is 2.78. The summed E-state index contributed by atoms with van der Waals surface area (Å²) in [5, 5.41) is 2.98. The van der Waals surface area contributed by atoms with Crippen LogP contribution in [0, 0.1) is 0 Å². The number of H-pyrrole nitrogens is 1. The molecule has 4 rings (SSSR count). The minimum absolute atomic E-state index is 0.0463. The first-order valence-corrected chi connectivity index (χ1v) is 10.5. The van der Waals surface area contributed by atoms with Crippen LogP contribution in [0.5, 0.6) is 0 Å². The first kappa shape index (κ1) is 17.7. The van der Waals surface area contributed by atoms with E-state index in [0.29, 0.717) is 31.7 Å². The molecule has 1 fully saturated rings. The van der Waals surface area contributed by atoms with E-state index in [1.54, 1.807) is 12.3 Å². The van der Waals surface area contributed by atoms with E-state index in [2.05, 4.69) is 24.8 Å². The fraction of sp³-hybridized carbons (Fsp3) is 0.364. The Bertz CT molecular complexity index is 1270. The third kappa shape index (κ3) is 4.55. The molecule has 9 heteroatoms. The van der Waals surface area contributed by atoms with Gasteiger partial charge >= 0.3 is 0 Å². The van der Waals surface area contributed by atoms with Crippen molar-refractivity contribution < 1.29 is 8.91 Å². The largest absolute Gasteiger partial charge is 0.366 e. The summed E-state index contributed by atoms with van der Waals surface area (Å²) in [6.07, 6.45) is 2.47. The number of hydrogen-bond donors (Lipinski definition) is 2. The number of nitrogens with zero attached hydrogens (tertiary/aromatic N) is 4. The molecule has 3 aromatic heterocycles. The molecule has 2 N–H and O–H groups in total. The molecular formula is C22H25ClN6O2. The molecule has 0 aliphatic carbocycles. The summed E-state index contributed by atoms with van der Waals surface area (Å²) >= 11 is 6.31. The number of piperazine rings is 1. The highest BCUT2D eigenvalue weighted by molar-refractivity contribution is 6.32. The topological polar surface area (TPSA) is 94.2 Å². The van der Waals surface area contributed by atoms with E-state index < -0.39 is 12.9 Å². The summed E-state index contributed by atoms with van der Waals surface area (Å²) in [4.78, 5) is 40.1. The highest BCUT2D eigenvalue weighted by atomic mass is 35.5. The molecule has 31 heavy (non-hydrogen) atoms. The number of anilines is 1. The number of halogens is 1. The summed E-state index contributed by atoms with van der Waals surface area (Å²) in [6, 6.07) is 6.97. The lowest BCUT2D eigenvalue weighted by Crippen LogP contribution is -2.46. The molecule has 0 atom stereocenters. The van der Waals surface area contributed by atoms with Gasteiger partial charge in [-0.25, -0.2) is 4.98 Å². The fourth-order valence-electron chi connectivity index (χ4n) is 3.77. The number of fused-ring (bicyclic) bond motifs is 1. The Kier molecular flexibility index (Phi) is 5.15. The third-order valence-corrected chi connectivity index (χ3v) is 5.79. The predicted molar refractivity (Wildman–Crippen MR) is 122 cm³/mol. The smallest absolute Gasteiger partial charge is 0.269 e. The Morgan fingerprint density at radius 1 is 1.29 bits per heavy atom. The van der Waals surface area contributed by atoms with E-state index in [1.807, 2.05) is 24.4 Å². The summed E-state index contributed by atoms with van der Waals surface area (Å²) < 4.78 is 21.4. The molecule has 3 aromatic rings. The maximum absolute atomic E-state index is 12.1. The second kappa shape index (κ2) is 9.03. The molecule has 0 spiro atoms. The summed E-state index contributed by atoms with van der Waals surface area (Å²) in [7, 11) is 0. The van der Waals surface area contributed by atoms with Crippen LogP contribution in [0.25, 0.3) is 10.9 Å². The van der Waals surface area contributed by atoms with Crippen LogP contribution < -0.4 is 15.8 Å². The number of nitrogens with one attached hydrogen (secondary N) is 2. The van der Waals surface area contributed by atoms with Crippen LogP contribution in [0.3, 0.4) is 0 Å². The van der Waals surface area contributed by atoms with Gasteiger partial charge in [0.1, 0.15) is 5.69 Å². The Labute approximate surface area is 189 Å². The van der Waals surface area contributed by atoms with Gasteiger partial charge in [-0.1, -0.05) is 18.5 Å². The van der Waals surface area contributed by atoms with Gasteiger partial charge in [0.2, 0.25) is 0 Å². The minimum atomic E-state index is -2.59. The standard InChI is InChI=1S/C22H25ClN6O2/c1-3-14-10-15-12-25-16(11-18(15)27-21(14)30)13-28-6-8-29(9-7-28)19-5-4-17(22(31)24-2)26-20(19)23/h4-5,10-12H,3,6-9,13H2,1-2H3,(H,24,31)(H,27,30)/i2D3. The van der Waals surface area contributed by atoms with E-state index in [0.717, 1.165) is 35.2 Å². The quantitative estimate of drug-likeness (QED) is 0.587. The molecule has 1 saturated heterocycles. The van der Waals surface area contributed by atoms with Crippen LogP contribution in [-0.2, 0) is 13.0 Å². The number of rotatable bonds is 5. The highest BCUT2D eigenvalue weighted by Crippen LogP contribution is 2.25. The number of carbonyl (C=O) groups excluding carboxylic acids is 1. The second-order valence-corrected chi connectivity index (χ2v) is 7.82. The van der Waals surface area contributed by atoms with Crippen molar-refractivity contribution in [3.63, 3.8) is 0 Å². The molecule has 0 bridgehead atoms. The van der Waals surface area contributed by atoms with Crippen molar-refractivity contribution in [2.24, 2.45) is 0 Å². The Hall–Kier alpha value is -2.97. The fourth-order valence-corrected chi connectivity index (χ4v) is 4.04. The lowest BCUT2D eigenvalue weighted by Gasteiger charge is -2.36. The van der Waals surface area contributed by atoms with Gasteiger partial charge in [0.25, 0.3) is 11.5 Å². The zero-order valence-electron chi connectivity index (χ0n) is 20.1. The molecule has 162 valence electrons. The first-order valence-electron chi connectivity index (χ1n) is 11.6. The number of amides is 1. The van der Waals surface area contributed by atoms with Crippen molar-refractivity contribution in [1.29, 1.82) is 0 Å². The van der Waals surface area contributed by atoms with E-state index >= 15 is 0 Å². The van der Waals surface area contributed by atoms with Gasteiger partial charge in [0.05, 0.1) is 16.9 Å². The van der Waals surface area contributed by atoms with Crippen LogP contribution in [0.4, 0.5) is 5.69 Å². The molecule has 1 aliphatic rings. The molecule has 1 aliphatic heterocycles. The molecule has 1 amide bonds. The number of hydrogen-bond acceptors (Lipinski definition) is 6. The van der Waals surface area contributed by atoms with E-state index in [1.165, 1.54) is 6.07 Å². The summed E-state index contributed by atoms with van der Waals surface area (Å²) in [6.45, 7) is 2.95. The summed E-state index contributed by atoms with van der Waals surface area (Å²) in [5.74, 6) is -0.798. The van der Waals surface area contributed by atoms with E-state index in [-0.39, 0.29) is 16.4 Å². The van der Waals surface area contributed by atoms with Gasteiger partial charge in [-0.2, -0.15) is 0 Å². The van der Waals surface area contributed by atoms with E-state index in [4.69, 9.17) is 15.7 Å². The van der Waals surface area contributed by atoms with Gasteiger partial charge in [-0.3, -0.25) is 19.5 Å². The van der Waals surface area contributed by atoms with Crippen molar-refractivity contribution in [2.75, 3.05) is 38.1 Å². The molecule has 4 heterocycles. The lowest BCUT2D eigenvalue weighted by atomic mass is 10.1. The monoisotopic (exact) mass is 443 g/mol. The predicted octanol–water partition coefficient (Wildman–Crippen LogP) is 2.22. The Balaban J connectivity index is 1.39. The zero-order chi connectivity index (χ0) is 24.5. The number of carbonyl (C=O) groups is 1. The second-order valence-electron chi connectivity index (χ2n) is 7.46. The maximum Gasteiger partial charge on any atom is 0.269 e. The SMILES string of the molecule is [2H]C([2H])([2H])NC(=O)c1ccc(N2CCN(Cc3cc4[nH]c(=O)c(CC)cc4cn3)CC2)c(Cl)n1. The maximum atomic E-state index is 12.1. The van der Waals surface area contributed by atoms with E-state index in [9.17, 15) is 9.59 Å². The van der Waals surface area contributed by atoms with Crippen LogP contribution in [0.1, 0.15) is 32.8 Å². The molecule has 0 aromatic carbocycles. The minimum Gasteiger partial charge on any atom is -0.366 e. The van der Waals surface area contributed by atoms with Crippen molar-refractivity contribution in [3.05, 3.63) is 62.9 Å². The summed E-state index contributed by atoms with van der Waals surface area (Å²) in [5.41, 5.74) is 3.00. The zero-order valence-corrected chi connectivity index (χ0v) is 17.9. The number of aryl methyl sites for hydroxylation is 1. The van der Waals surface area contributed by atoms with Crippen LogP contribution >= 0.6 is 11.6 Å². The first-order chi connectivity index (χ1) is 16.1. The van der Waals surface area contributed by atoms with Crippen molar-refractivity contribution in [1.82, 2.24) is 25.2 Å². The Morgan fingerprint density at radius 3 is 2.81 bits per heavy atom. The van der Waals surface area contributed by atoms with Gasteiger partial charge < -0.3 is 15.2 Å². The molecular weight excluding hydrogens is 416 g/mol. The van der Waals surface area contributed by atoms with Gasteiger partial charge in [0, 0.05) is 61.0 Å². The molecule has 0 unspecified atom stereocenters. The van der Waals surface area contributed by atoms with Gasteiger partial charge in [0.15, 0.2) is 5.15 Å². The number of aromatic nitrogens is 3. The highest BCUT2D eigenvalue weighted by Gasteiger charge is 2.21. The molecule has 0 saturated carbocycles. The normalized spacial score (nSPS) is 16.6. The van der Waals surface area contributed by atoms with Crippen LogP contribution in [-0.4, -0.2) is 58.9 Å². The van der Waals surface area contributed by atoms with Crippen molar-refractivity contribution in [3.8, 4) is 0 Å². The number of pyridine rings is 3. The van der Waals surface area contributed by atoms with Crippen molar-refractivity contribution in [2.45, 2.75) is 19.9 Å². The van der Waals surface area contributed by atoms with Crippen LogP contribution in [0.2, 0.25) is 5.15 Å². The molecule has 8 nitrogen and oxygen atoms in total. The third-order valence-electron chi connectivity index (χ3n) is 5.52. The number of aromatic amines is 1. The average molecular weight is 444 g/mol. The Morgan fingerprint density at radius 2 is 2.10 bits per heavy atom. The lowest BCUT2D eigenvalue weighted by molar-refractivity contribution is 0.0958. The molecule has 0 radical (unpaired) electrons. The van der Waals surface area contributed by atoms with Gasteiger partial charge in [-0.05, 0) is 30.7 Å². The van der Waals surface area contributed by atoms with Crippen molar-refractivity contribution >= 4 is 34.1 Å².